The molecule has 2 heterocycles. The molecule has 2 aliphatic carbocycles. The Bertz CT molecular complexity index is 1280. The van der Waals surface area contributed by atoms with E-state index in [2.05, 4.69) is 9.97 Å². The van der Waals surface area contributed by atoms with E-state index in [0.29, 0.717) is 22.8 Å². The number of carbonyl (C=O) groups excluding carboxylic acids is 2. The summed E-state index contributed by atoms with van der Waals surface area (Å²) in [5.41, 5.74) is 1.47. The van der Waals surface area contributed by atoms with E-state index in [0.717, 1.165) is 20.6 Å². The van der Waals surface area contributed by atoms with Gasteiger partial charge in [-0.3, -0.25) is 9.59 Å². The Morgan fingerprint density at radius 2 is 1.60 bits per heavy atom. The summed E-state index contributed by atoms with van der Waals surface area (Å²) in [6.45, 7) is 0. The quantitative estimate of drug-likeness (QED) is 0.299. The fraction of sp³-hybridized carbons (Fsp3) is 0.250. The molecule has 0 N–H and O–H groups in total. The third-order valence-electron chi connectivity index (χ3n) is 6.10. The molecular weight excluding hydrogens is 396 g/mol. The molecule has 6 heteroatoms. The van der Waals surface area contributed by atoms with Gasteiger partial charge in [-0.05, 0) is 35.7 Å². The Morgan fingerprint density at radius 3 is 2.23 bits per heavy atom. The van der Waals surface area contributed by atoms with Gasteiger partial charge in [0.05, 0.1) is 5.57 Å². The number of thiazole rings is 1. The van der Waals surface area contributed by atoms with Crippen LogP contribution in [0.25, 0.3) is 27.4 Å². The second-order valence-corrected chi connectivity index (χ2v) is 9.02. The predicted octanol–water partition coefficient (Wildman–Crippen LogP) is 5.95. The second kappa shape index (κ2) is 6.71. The van der Waals surface area contributed by atoms with Gasteiger partial charge in [0.1, 0.15) is 5.01 Å². The van der Waals surface area contributed by atoms with Gasteiger partial charge in [-0.25, -0.2) is 4.98 Å². The molecule has 2 aromatic heterocycles. The van der Waals surface area contributed by atoms with Crippen molar-refractivity contribution in [3.8, 4) is 0 Å². The van der Waals surface area contributed by atoms with Crippen molar-refractivity contribution in [2.75, 3.05) is 0 Å². The number of hydrogen-bond acceptors (Lipinski definition) is 6. The summed E-state index contributed by atoms with van der Waals surface area (Å²) in [6, 6.07) is 11.3. The zero-order valence-electron chi connectivity index (χ0n) is 16.2. The fourth-order valence-corrected chi connectivity index (χ4v) is 5.56. The number of benzene rings is 2. The summed E-state index contributed by atoms with van der Waals surface area (Å²) in [5, 5.41) is 2.96. The number of carbonyl (C=O) groups is 2. The van der Waals surface area contributed by atoms with Gasteiger partial charge in [0.15, 0.2) is 16.4 Å². The molecular formula is C24H18N2O3S. The van der Waals surface area contributed by atoms with E-state index >= 15 is 0 Å². The first-order valence-electron chi connectivity index (χ1n) is 10.3. The van der Waals surface area contributed by atoms with E-state index in [9.17, 15) is 9.59 Å². The van der Waals surface area contributed by atoms with Crippen molar-refractivity contribution < 1.29 is 14.0 Å². The third-order valence-corrected chi connectivity index (χ3v) is 7.19. The number of Topliss-reactive ketones (excluding diaryl/α,β-unsaturated/α-hetero) is 2. The number of nitrogens with zero attached hydrogens (tertiary/aromatic N) is 2. The van der Waals surface area contributed by atoms with Crippen LogP contribution in [0.5, 0.6) is 0 Å². The zero-order valence-corrected chi connectivity index (χ0v) is 17.0. The summed E-state index contributed by atoms with van der Waals surface area (Å²) in [5.74, 6) is 0.195. The number of rotatable bonds is 2. The van der Waals surface area contributed by atoms with Crippen molar-refractivity contribution in [1.29, 1.82) is 0 Å². The Hall–Kier alpha value is -3.12. The van der Waals surface area contributed by atoms with Crippen LogP contribution in [-0.4, -0.2) is 21.5 Å². The van der Waals surface area contributed by atoms with Gasteiger partial charge in [-0.1, -0.05) is 54.9 Å². The molecule has 0 bridgehead atoms. The van der Waals surface area contributed by atoms with E-state index in [1.807, 2.05) is 24.3 Å². The molecule has 0 atom stereocenters. The molecule has 148 valence electrons. The standard InChI is InChI=1S/C24H18N2O3S/c27-20-16-10-14-8-4-5-9-15(14)11-17(16)21(28)18(20)12-19-25-24-22(29-19)26-23(30-24)13-6-2-1-3-7-13/h4-5,8-13H,1-3,6-7H2. The predicted molar refractivity (Wildman–Crippen MR) is 116 cm³/mol. The molecule has 0 saturated heterocycles. The molecule has 2 aromatic carbocycles. The minimum Gasteiger partial charge on any atom is -0.417 e. The molecule has 1 fully saturated rings. The molecule has 0 spiro atoms. The van der Waals surface area contributed by atoms with Gasteiger partial charge < -0.3 is 4.42 Å². The van der Waals surface area contributed by atoms with Crippen LogP contribution in [0.2, 0.25) is 0 Å². The lowest BCUT2D eigenvalue weighted by atomic mass is 9.90. The van der Waals surface area contributed by atoms with Gasteiger partial charge in [0.25, 0.3) is 5.71 Å². The highest BCUT2D eigenvalue weighted by Crippen LogP contribution is 2.37. The highest BCUT2D eigenvalue weighted by Gasteiger charge is 2.34. The zero-order chi connectivity index (χ0) is 20.2. The Kier molecular flexibility index (Phi) is 3.96. The normalized spacial score (nSPS) is 17.3. The van der Waals surface area contributed by atoms with Crippen LogP contribution < -0.4 is 0 Å². The molecule has 1 saturated carbocycles. The third kappa shape index (κ3) is 2.75. The molecule has 0 amide bonds. The number of hydrogen-bond donors (Lipinski definition) is 0. The smallest absolute Gasteiger partial charge is 0.258 e. The first-order valence-corrected chi connectivity index (χ1v) is 11.1. The van der Waals surface area contributed by atoms with Crippen molar-refractivity contribution in [1.82, 2.24) is 9.97 Å². The lowest BCUT2D eigenvalue weighted by Crippen LogP contribution is -2.03. The molecule has 4 aromatic rings. The van der Waals surface area contributed by atoms with Crippen LogP contribution in [-0.2, 0) is 0 Å². The van der Waals surface area contributed by atoms with Crippen LogP contribution in [0.4, 0.5) is 0 Å². The van der Waals surface area contributed by atoms with E-state index in [-0.39, 0.29) is 23.0 Å². The molecule has 0 unspecified atom stereocenters. The minimum atomic E-state index is -0.279. The number of oxazole rings is 1. The molecule has 0 radical (unpaired) electrons. The van der Waals surface area contributed by atoms with E-state index < -0.39 is 0 Å². The van der Waals surface area contributed by atoms with Crippen molar-refractivity contribution in [3.05, 3.63) is 64.0 Å². The average Bonchev–Trinajstić information content (AvgIpc) is 3.41. The Labute approximate surface area is 176 Å². The number of fused-ring (bicyclic) bond motifs is 3. The molecule has 30 heavy (non-hydrogen) atoms. The molecule has 5 nitrogen and oxygen atoms in total. The topological polar surface area (TPSA) is 73.1 Å². The van der Waals surface area contributed by atoms with Crippen LogP contribution in [0.15, 0.2) is 46.4 Å². The monoisotopic (exact) mass is 414 g/mol. The maximum atomic E-state index is 12.9. The van der Waals surface area contributed by atoms with Crippen LogP contribution in [0.1, 0.15) is 69.6 Å². The largest absolute Gasteiger partial charge is 0.417 e. The lowest BCUT2D eigenvalue weighted by molar-refractivity contribution is 0.0990. The highest BCUT2D eigenvalue weighted by molar-refractivity contribution is 7.18. The van der Waals surface area contributed by atoms with E-state index in [1.165, 1.54) is 38.2 Å². The van der Waals surface area contributed by atoms with Gasteiger partial charge in [-0.2, -0.15) is 4.98 Å². The van der Waals surface area contributed by atoms with Crippen LogP contribution >= 0.6 is 11.3 Å². The van der Waals surface area contributed by atoms with Crippen molar-refractivity contribution >= 4 is 50.3 Å². The van der Waals surface area contributed by atoms with Crippen LogP contribution in [0, 0.1) is 0 Å². The molecule has 0 aliphatic heterocycles. The van der Waals surface area contributed by atoms with E-state index in [1.54, 1.807) is 23.5 Å². The average molecular weight is 414 g/mol. The summed E-state index contributed by atoms with van der Waals surface area (Å²) >= 11 is 1.56. The SMILES string of the molecule is O=C1C(=Cc2nc3sc(C4CCCCC4)nc3o2)C(=O)c2cc3ccccc3cc21. The van der Waals surface area contributed by atoms with Crippen molar-refractivity contribution in [3.63, 3.8) is 0 Å². The Morgan fingerprint density at radius 1 is 0.933 bits per heavy atom. The van der Waals surface area contributed by atoms with E-state index in [4.69, 9.17) is 4.42 Å². The maximum absolute atomic E-state index is 12.9. The first kappa shape index (κ1) is 17.7. The van der Waals surface area contributed by atoms with Gasteiger partial charge in [-0.15, -0.1) is 0 Å². The van der Waals surface area contributed by atoms with Crippen molar-refractivity contribution in [2.45, 2.75) is 38.0 Å². The van der Waals surface area contributed by atoms with Crippen molar-refractivity contribution in [2.24, 2.45) is 0 Å². The summed E-state index contributed by atoms with van der Waals surface area (Å²) in [7, 11) is 0. The minimum absolute atomic E-state index is 0.0988. The van der Waals surface area contributed by atoms with Gasteiger partial charge in [0, 0.05) is 23.1 Å². The summed E-state index contributed by atoms with van der Waals surface area (Å²) in [4.78, 5) is 35.6. The highest BCUT2D eigenvalue weighted by atomic mass is 32.1. The number of aromatic nitrogens is 2. The number of allylic oxidation sites excluding steroid dienone is 1. The molecule has 2 aliphatic rings. The van der Waals surface area contributed by atoms with Crippen LogP contribution in [0.3, 0.4) is 0 Å². The summed E-state index contributed by atoms with van der Waals surface area (Å²) in [6.07, 6.45) is 7.59. The maximum Gasteiger partial charge on any atom is 0.258 e. The Balaban J connectivity index is 1.35. The fourth-order valence-electron chi connectivity index (χ4n) is 4.52. The first-order chi connectivity index (χ1) is 14.7. The summed E-state index contributed by atoms with van der Waals surface area (Å²) < 4.78 is 5.78. The second-order valence-electron chi connectivity index (χ2n) is 8.01. The number of ketones is 2. The lowest BCUT2D eigenvalue weighted by Gasteiger charge is -2.18. The molecule has 6 rings (SSSR count). The van der Waals surface area contributed by atoms with Gasteiger partial charge >= 0.3 is 0 Å². The van der Waals surface area contributed by atoms with Gasteiger partial charge in [0.2, 0.25) is 5.89 Å².